The van der Waals surface area contributed by atoms with Gasteiger partial charge in [-0.3, -0.25) is 4.79 Å². The molecule has 338 valence electrons. The molecule has 5 nitrogen and oxygen atoms in total. The maximum absolute atomic E-state index is 12.5. The molecule has 3 atom stereocenters. The summed E-state index contributed by atoms with van der Waals surface area (Å²) in [6, 6.07) is -0.822. The molecule has 0 aromatic heterocycles. The Hall–Kier alpha value is -1.95. The molecule has 5 heteroatoms. The Bertz CT molecular complexity index is 985. The highest BCUT2D eigenvalue weighted by molar-refractivity contribution is 5.80. The van der Waals surface area contributed by atoms with Crippen LogP contribution in [0.25, 0.3) is 0 Å². The SMILES string of the molecule is CCCCCC/C=C/CC/C=C/CC/C=C/C(O)C(CO)NC(=O)C(O)CCCCCCCCCCCCCCCC/C=C\C/C=C\CCCCCCCCCCC. The van der Waals surface area contributed by atoms with Gasteiger partial charge in [-0.15, -0.1) is 0 Å². The van der Waals surface area contributed by atoms with Crippen LogP contribution in [0.2, 0.25) is 0 Å². The van der Waals surface area contributed by atoms with Gasteiger partial charge in [0.05, 0.1) is 18.8 Å². The van der Waals surface area contributed by atoms with E-state index in [0.29, 0.717) is 6.42 Å². The van der Waals surface area contributed by atoms with Gasteiger partial charge in [0.1, 0.15) is 6.10 Å². The molecule has 0 bridgehead atoms. The Morgan fingerprint density at radius 2 is 0.759 bits per heavy atom. The van der Waals surface area contributed by atoms with Gasteiger partial charge in [-0.25, -0.2) is 0 Å². The molecule has 0 aromatic rings. The molecule has 0 saturated heterocycles. The Morgan fingerprint density at radius 1 is 0.431 bits per heavy atom. The van der Waals surface area contributed by atoms with E-state index in [2.05, 4.69) is 67.8 Å². The summed E-state index contributed by atoms with van der Waals surface area (Å²) >= 11 is 0. The lowest BCUT2D eigenvalue weighted by molar-refractivity contribution is -0.131. The number of hydrogen-bond donors (Lipinski definition) is 4. The van der Waals surface area contributed by atoms with Gasteiger partial charge < -0.3 is 20.6 Å². The zero-order chi connectivity index (χ0) is 42.3. The van der Waals surface area contributed by atoms with Gasteiger partial charge >= 0.3 is 0 Å². The molecule has 4 N–H and O–H groups in total. The minimum atomic E-state index is -1.11. The topological polar surface area (TPSA) is 89.8 Å². The largest absolute Gasteiger partial charge is 0.394 e. The van der Waals surface area contributed by atoms with E-state index < -0.39 is 24.2 Å². The van der Waals surface area contributed by atoms with Gasteiger partial charge in [0, 0.05) is 0 Å². The van der Waals surface area contributed by atoms with Crippen LogP contribution in [0.1, 0.15) is 245 Å². The fourth-order valence-electron chi connectivity index (χ4n) is 7.36. The van der Waals surface area contributed by atoms with Crippen molar-refractivity contribution in [2.45, 2.75) is 263 Å². The summed E-state index contributed by atoms with van der Waals surface area (Å²) in [6.45, 7) is 4.14. The fourth-order valence-corrected chi connectivity index (χ4v) is 7.36. The van der Waals surface area contributed by atoms with E-state index in [9.17, 15) is 20.1 Å². The van der Waals surface area contributed by atoms with Crippen LogP contribution in [0.4, 0.5) is 0 Å². The molecule has 0 heterocycles. The summed E-state index contributed by atoms with van der Waals surface area (Å²) in [5.74, 6) is -0.519. The van der Waals surface area contributed by atoms with Crippen LogP contribution in [0.5, 0.6) is 0 Å². The molecule has 0 fully saturated rings. The van der Waals surface area contributed by atoms with Crippen molar-refractivity contribution in [3.63, 3.8) is 0 Å². The lowest BCUT2D eigenvalue weighted by Crippen LogP contribution is -2.48. The number of hydrogen-bond acceptors (Lipinski definition) is 4. The summed E-state index contributed by atoms with van der Waals surface area (Å²) in [7, 11) is 0. The van der Waals surface area contributed by atoms with E-state index in [1.54, 1.807) is 6.08 Å². The number of unbranched alkanes of at least 4 members (excludes halogenated alkanes) is 29. The molecule has 3 unspecified atom stereocenters. The van der Waals surface area contributed by atoms with Crippen molar-refractivity contribution in [2.75, 3.05) is 6.61 Å². The number of allylic oxidation sites excluding steroid dienone is 9. The standard InChI is InChI=1S/C53H97NO4/c1-3-5-7-9-11-13-15-17-19-20-21-22-23-24-25-26-27-28-29-30-31-32-33-34-36-38-40-42-44-46-48-52(57)53(58)54-50(49-55)51(56)47-45-43-41-39-37-35-18-16-14-12-10-8-6-4-2/h14,16,21-22,24-25,37,39,45,47,50-52,55-57H,3-13,15,17-20,23,26-36,38,40-44,46,48-49H2,1-2H3,(H,54,58)/b16-14+,22-21-,25-24-,39-37+,47-45+. The average molecular weight is 812 g/mol. The molecule has 0 aliphatic heterocycles. The van der Waals surface area contributed by atoms with E-state index in [1.165, 1.54) is 173 Å². The number of aliphatic hydroxyl groups is 3. The van der Waals surface area contributed by atoms with Crippen LogP contribution < -0.4 is 5.32 Å². The highest BCUT2D eigenvalue weighted by Crippen LogP contribution is 2.15. The first kappa shape index (κ1) is 56.0. The molecule has 0 rings (SSSR count). The third kappa shape index (κ3) is 42.2. The number of carbonyl (C=O) groups is 1. The maximum Gasteiger partial charge on any atom is 0.249 e. The lowest BCUT2D eigenvalue weighted by atomic mass is 10.0. The van der Waals surface area contributed by atoms with Crippen molar-refractivity contribution in [1.29, 1.82) is 0 Å². The quantitative estimate of drug-likeness (QED) is 0.0364. The van der Waals surface area contributed by atoms with Crippen molar-refractivity contribution >= 4 is 5.91 Å². The van der Waals surface area contributed by atoms with Gasteiger partial charge in [-0.2, -0.15) is 0 Å². The number of carbonyl (C=O) groups excluding carboxylic acids is 1. The molecule has 1 amide bonds. The van der Waals surface area contributed by atoms with Gasteiger partial charge in [-0.1, -0.05) is 229 Å². The highest BCUT2D eigenvalue weighted by Gasteiger charge is 2.22. The molecule has 0 aromatic carbocycles. The highest BCUT2D eigenvalue weighted by atomic mass is 16.3. The fraction of sp³-hybridized carbons (Fsp3) is 0.792. The number of aliphatic hydroxyl groups excluding tert-OH is 3. The van der Waals surface area contributed by atoms with Crippen LogP contribution in [0, 0.1) is 0 Å². The first-order valence-electron chi connectivity index (χ1n) is 25.1. The molecule has 0 radical (unpaired) electrons. The number of rotatable bonds is 45. The third-order valence-corrected chi connectivity index (χ3v) is 11.3. The van der Waals surface area contributed by atoms with Crippen LogP contribution >= 0.6 is 0 Å². The summed E-state index contributed by atoms with van der Waals surface area (Å²) in [5, 5.41) is 33.1. The average Bonchev–Trinajstić information content (AvgIpc) is 3.23. The van der Waals surface area contributed by atoms with Crippen molar-refractivity contribution < 1.29 is 20.1 Å². The smallest absolute Gasteiger partial charge is 0.249 e. The molecule has 0 spiro atoms. The first-order valence-corrected chi connectivity index (χ1v) is 25.1. The van der Waals surface area contributed by atoms with E-state index in [1.807, 2.05) is 6.08 Å². The minimum absolute atomic E-state index is 0.383. The van der Waals surface area contributed by atoms with Crippen molar-refractivity contribution in [3.8, 4) is 0 Å². The summed E-state index contributed by atoms with van der Waals surface area (Å²) < 4.78 is 0. The monoisotopic (exact) mass is 812 g/mol. The maximum atomic E-state index is 12.5. The summed E-state index contributed by atoms with van der Waals surface area (Å²) in [5.41, 5.74) is 0. The molecular weight excluding hydrogens is 715 g/mol. The molecule has 0 aliphatic rings. The van der Waals surface area contributed by atoms with Crippen molar-refractivity contribution in [3.05, 3.63) is 60.8 Å². The van der Waals surface area contributed by atoms with Gasteiger partial charge in [0.15, 0.2) is 0 Å². The zero-order valence-corrected chi connectivity index (χ0v) is 38.4. The second-order valence-electron chi connectivity index (χ2n) is 17.0. The van der Waals surface area contributed by atoms with E-state index in [0.717, 1.165) is 51.4 Å². The minimum Gasteiger partial charge on any atom is -0.394 e. The lowest BCUT2D eigenvalue weighted by Gasteiger charge is -2.21. The van der Waals surface area contributed by atoms with E-state index in [4.69, 9.17) is 0 Å². The van der Waals surface area contributed by atoms with Crippen LogP contribution in [-0.4, -0.2) is 46.1 Å². The molecule has 0 aliphatic carbocycles. The Labute approximate surface area is 360 Å². The van der Waals surface area contributed by atoms with E-state index in [-0.39, 0.29) is 6.61 Å². The Balaban J connectivity index is 3.61. The van der Waals surface area contributed by atoms with Crippen LogP contribution in [-0.2, 0) is 4.79 Å². The first-order chi connectivity index (χ1) is 28.6. The van der Waals surface area contributed by atoms with Gasteiger partial charge in [0.2, 0.25) is 5.91 Å². The normalized spacial score (nSPS) is 13.9. The summed E-state index contributed by atoms with van der Waals surface area (Å²) in [6.07, 6.45) is 64.2. The van der Waals surface area contributed by atoms with Gasteiger partial charge in [0.25, 0.3) is 0 Å². The van der Waals surface area contributed by atoms with E-state index >= 15 is 0 Å². The van der Waals surface area contributed by atoms with Crippen LogP contribution in [0.15, 0.2) is 60.8 Å². The second-order valence-corrected chi connectivity index (χ2v) is 17.0. The van der Waals surface area contributed by atoms with Crippen molar-refractivity contribution in [2.24, 2.45) is 0 Å². The Morgan fingerprint density at radius 3 is 1.17 bits per heavy atom. The second kappa shape index (κ2) is 47.7. The van der Waals surface area contributed by atoms with Gasteiger partial charge in [-0.05, 0) is 77.0 Å². The third-order valence-electron chi connectivity index (χ3n) is 11.3. The number of amides is 1. The zero-order valence-electron chi connectivity index (χ0n) is 38.4. The molecule has 58 heavy (non-hydrogen) atoms. The number of nitrogens with one attached hydrogen (secondary N) is 1. The van der Waals surface area contributed by atoms with Crippen molar-refractivity contribution in [1.82, 2.24) is 5.32 Å². The predicted octanol–water partition coefficient (Wildman–Crippen LogP) is 15.0. The summed E-state index contributed by atoms with van der Waals surface area (Å²) in [4.78, 5) is 12.5. The molecular formula is C53H97NO4. The predicted molar refractivity (Wildman–Crippen MR) is 254 cm³/mol. The Kier molecular flexibility index (Phi) is 46.1. The van der Waals surface area contributed by atoms with Crippen LogP contribution in [0.3, 0.4) is 0 Å². The molecule has 0 saturated carbocycles.